The summed E-state index contributed by atoms with van der Waals surface area (Å²) in [6.45, 7) is 4.94. The first-order valence-electron chi connectivity index (χ1n) is 26.3. The Morgan fingerprint density at radius 3 is 1.54 bits per heavy atom. The second-order valence-electron chi connectivity index (χ2n) is 22.5. The molecule has 15 nitrogen and oxygen atoms in total. The Balaban J connectivity index is 0.000000176. The third-order valence-corrected chi connectivity index (χ3v) is 17.8. The number of hydrogen-bond donors (Lipinski definition) is 10. The number of aliphatic imine (C=N–C) groups is 1. The lowest BCUT2D eigenvalue weighted by Gasteiger charge is -2.56. The molecule has 12 saturated carbocycles. The van der Waals surface area contributed by atoms with E-state index in [0.29, 0.717) is 23.6 Å². The number of carbonyl (C=O) groups excluding carboxylic acids is 2. The van der Waals surface area contributed by atoms with E-state index < -0.39 is 0 Å². The van der Waals surface area contributed by atoms with E-state index in [2.05, 4.69) is 58.7 Å². The van der Waals surface area contributed by atoms with E-state index in [0.717, 1.165) is 142 Å². The van der Waals surface area contributed by atoms with E-state index in [9.17, 15) is 9.59 Å². The van der Waals surface area contributed by atoms with Gasteiger partial charge in [-0.2, -0.15) is 5.10 Å². The zero-order chi connectivity index (χ0) is 48.7. The fourth-order valence-corrected chi connectivity index (χ4v) is 16.2. The Bertz CT molecular complexity index is 1790. The maximum atomic E-state index is 12.7. The van der Waals surface area contributed by atoms with E-state index >= 15 is 0 Å². The lowest BCUT2D eigenvalue weighted by Crippen LogP contribution is -2.57. The predicted molar refractivity (Wildman–Crippen MR) is 276 cm³/mol. The van der Waals surface area contributed by atoms with Crippen LogP contribution in [0.4, 0.5) is 0 Å². The second kappa shape index (κ2) is 26.3. The fourth-order valence-electron chi connectivity index (χ4n) is 15.7. The maximum Gasteiger partial charge on any atom is 0.244 e. The highest BCUT2D eigenvalue weighted by atomic mass is 32.1. The smallest absolute Gasteiger partial charge is 0.244 e. The Morgan fingerprint density at radius 1 is 0.706 bits per heavy atom. The summed E-state index contributed by atoms with van der Waals surface area (Å²) < 4.78 is 3.00. The van der Waals surface area contributed by atoms with Gasteiger partial charge in [-0.3, -0.25) is 31.0 Å². The minimum atomic E-state index is -0.145. The minimum absolute atomic E-state index is 0. The standard InChI is InChI=1S/C16H27N3O2S.C16H25N3OS.C11H18N2O.C5H9NOS.C2H6O.H2/c20-4-2-1-3-17-15(22)19-18-14(21)16-8-11-5-12(9-16)7-13(6-11)10-16;20-4-2-1-3-19-14(17-18-15(19)21)16-8-11-5-12(9-16)7-13(6-11)10-16;12-13-10(14)11-4-7-1-8(5-11)3-9(2-7)6-11;7-4-2-1-3-6-5-8;1-2-3;/h11-13,20H,1-10H2,(H,18,21)(H2,17,19,22);11-13,20H,1-10H2,(H,18,21);7-9H,1-6,12H2,(H,13,14);7H,1-4H2;3H,2H2,1H3;1H. The third-order valence-electron chi connectivity index (χ3n) is 17.1. The van der Waals surface area contributed by atoms with Gasteiger partial charge < -0.3 is 30.3 Å². The average molecular weight is 1010 g/mol. The number of hydrazine groups is 2. The molecule has 0 atom stereocenters. The molecule has 0 aliphatic heterocycles. The number of aromatic nitrogens is 3. The largest absolute Gasteiger partial charge is 0.397 e. The molecule has 2 amide bonds. The number of rotatable bonds is 15. The van der Waals surface area contributed by atoms with E-state index in [1.165, 1.54) is 82.9 Å². The van der Waals surface area contributed by atoms with Gasteiger partial charge in [-0.15, -0.1) is 0 Å². The summed E-state index contributed by atoms with van der Waals surface area (Å²) in [6, 6.07) is 0. The van der Waals surface area contributed by atoms with Crippen LogP contribution >= 0.6 is 36.7 Å². The van der Waals surface area contributed by atoms with Gasteiger partial charge in [0.25, 0.3) is 0 Å². The van der Waals surface area contributed by atoms with Crippen LogP contribution in [-0.2, 0) is 21.5 Å². The number of thiocarbonyl (C=S) groups is 2. The van der Waals surface area contributed by atoms with Crippen LogP contribution in [0.25, 0.3) is 0 Å². The number of nitrogens with one attached hydrogen (secondary N) is 5. The summed E-state index contributed by atoms with van der Waals surface area (Å²) in [6.07, 6.45) is 28.1. The zero-order valence-corrected chi connectivity index (χ0v) is 43.3. The molecule has 0 unspecified atom stereocenters. The van der Waals surface area contributed by atoms with Crippen LogP contribution in [0.2, 0.25) is 0 Å². The first-order chi connectivity index (χ1) is 32.9. The van der Waals surface area contributed by atoms with Crippen molar-refractivity contribution < 1.29 is 31.4 Å². The predicted octanol–water partition coefficient (Wildman–Crippen LogP) is 6.95. The first kappa shape index (κ1) is 54.9. The Hall–Kier alpha value is -2.41. The lowest BCUT2D eigenvalue weighted by atomic mass is 9.49. The van der Waals surface area contributed by atoms with Gasteiger partial charge in [-0.05, 0) is 251 Å². The Labute approximate surface area is 422 Å². The molecular formula is C50H87N9O6S3. The molecule has 0 aromatic carbocycles. The summed E-state index contributed by atoms with van der Waals surface area (Å²) in [4.78, 5) is 28.2. The average Bonchev–Trinajstić information content (AvgIpc) is 3.68. The first-order valence-corrected chi connectivity index (χ1v) is 27.6. The van der Waals surface area contributed by atoms with Crippen molar-refractivity contribution in [1.82, 2.24) is 36.4 Å². The number of aliphatic hydroxyl groups is 4. The Morgan fingerprint density at radius 2 is 1.12 bits per heavy atom. The van der Waals surface area contributed by atoms with Gasteiger partial charge in [0.15, 0.2) is 9.88 Å². The molecule has 68 heavy (non-hydrogen) atoms. The fraction of sp³-hybridized carbons (Fsp3) is 0.880. The molecule has 12 fully saturated rings. The lowest BCUT2D eigenvalue weighted by molar-refractivity contribution is -0.147. The summed E-state index contributed by atoms with van der Waals surface area (Å²) in [5.41, 5.74) is 8.15. The number of nitrogens with two attached hydrogens (primary N) is 1. The number of hydrogen-bond acceptors (Lipinski definition) is 12. The van der Waals surface area contributed by atoms with E-state index in [-0.39, 0.29) is 50.5 Å². The number of unbranched alkanes of at least 4 members (excludes halogenated alkanes) is 3. The molecule has 0 spiro atoms. The van der Waals surface area contributed by atoms with Crippen LogP contribution in [0, 0.1) is 68.9 Å². The van der Waals surface area contributed by atoms with Gasteiger partial charge in [-0.1, -0.05) is 0 Å². The number of aliphatic hydroxyl groups excluding tert-OH is 4. The van der Waals surface area contributed by atoms with Gasteiger partial charge >= 0.3 is 0 Å². The van der Waals surface area contributed by atoms with Gasteiger partial charge in [0.2, 0.25) is 11.8 Å². The molecule has 12 bridgehead atoms. The van der Waals surface area contributed by atoms with Crippen molar-refractivity contribution in [2.45, 2.75) is 173 Å². The van der Waals surface area contributed by atoms with Crippen molar-refractivity contribution in [1.29, 1.82) is 0 Å². The SMILES string of the molecule is CCO.NNC(=O)C12CC3CC(CC(C3)C1)C2.O=C(NNC(=S)NCCCCO)C12CC3CC(CC(C3)C1)C2.OCCCCN=C=S.OCCCCn1c(C23CC4CC(CC(C4)C2)C3)n[nH]c1=S.[HH]. The molecule has 11 N–H and O–H groups in total. The normalized spacial score (nSPS) is 34.3. The highest BCUT2D eigenvalue weighted by molar-refractivity contribution is 7.80. The van der Waals surface area contributed by atoms with Crippen LogP contribution in [0.3, 0.4) is 0 Å². The van der Waals surface area contributed by atoms with Gasteiger partial charge in [-0.25, -0.2) is 10.8 Å². The molecule has 0 radical (unpaired) electrons. The number of amides is 2. The zero-order valence-electron chi connectivity index (χ0n) is 40.9. The number of nitrogens with zero attached hydrogens (tertiary/aromatic N) is 3. The molecule has 12 aliphatic rings. The van der Waals surface area contributed by atoms with Crippen LogP contribution in [0.5, 0.6) is 0 Å². The van der Waals surface area contributed by atoms with Crippen molar-refractivity contribution in [2.24, 2.45) is 74.9 Å². The van der Waals surface area contributed by atoms with Crippen LogP contribution in [-0.4, -0.2) is 96.8 Å². The number of carbonyl (C=O) groups is 2. The van der Waals surface area contributed by atoms with E-state index in [1.807, 2.05) is 0 Å². The Kier molecular flexibility index (Phi) is 21.3. The van der Waals surface area contributed by atoms with Gasteiger partial charge in [0.1, 0.15) is 5.82 Å². The molecule has 13 rings (SSSR count). The minimum Gasteiger partial charge on any atom is -0.397 e. The van der Waals surface area contributed by atoms with Crippen LogP contribution < -0.4 is 27.4 Å². The van der Waals surface area contributed by atoms with Gasteiger partial charge in [0, 0.05) is 52.9 Å². The van der Waals surface area contributed by atoms with Crippen molar-refractivity contribution in [3.05, 3.63) is 10.6 Å². The third kappa shape index (κ3) is 14.2. The molecule has 12 aliphatic carbocycles. The quantitative estimate of drug-likeness (QED) is 0.0214. The summed E-state index contributed by atoms with van der Waals surface area (Å²) in [5, 5.41) is 47.0. The highest BCUT2D eigenvalue weighted by Gasteiger charge is 2.56. The van der Waals surface area contributed by atoms with Crippen LogP contribution in [0.15, 0.2) is 4.99 Å². The topological polar surface area (TPSA) is 235 Å². The highest BCUT2D eigenvalue weighted by Crippen LogP contribution is 2.62. The van der Waals surface area contributed by atoms with E-state index in [4.69, 9.17) is 50.7 Å². The molecular weight excluding hydrogens is 919 g/mol. The molecule has 1 aromatic heterocycles. The molecule has 386 valence electrons. The maximum absolute atomic E-state index is 12.7. The molecule has 1 aromatic rings. The summed E-state index contributed by atoms with van der Waals surface area (Å²) >= 11 is 14.9. The second-order valence-corrected chi connectivity index (χ2v) is 23.5. The van der Waals surface area contributed by atoms with Crippen molar-refractivity contribution in [3.63, 3.8) is 0 Å². The van der Waals surface area contributed by atoms with Crippen LogP contribution in [0.1, 0.15) is 168 Å². The molecule has 18 heteroatoms. The van der Waals surface area contributed by atoms with Gasteiger partial charge in [0.05, 0.1) is 16.0 Å². The monoisotopic (exact) mass is 1010 g/mol. The summed E-state index contributed by atoms with van der Waals surface area (Å²) in [5.74, 6) is 14.3. The number of H-pyrrole nitrogens is 1. The van der Waals surface area contributed by atoms with Crippen molar-refractivity contribution in [3.8, 4) is 0 Å². The molecule has 0 saturated heterocycles. The van der Waals surface area contributed by atoms with E-state index in [1.54, 1.807) is 6.92 Å². The number of isothiocyanates is 1. The number of aromatic amines is 1. The van der Waals surface area contributed by atoms with Crippen molar-refractivity contribution in [2.75, 3.05) is 39.5 Å². The van der Waals surface area contributed by atoms with Crippen molar-refractivity contribution >= 4 is 58.7 Å². The molecule has 1 heterocycles. The summed E-state index contributed by atoms with van der Waals surface area (Å²) in [7, 11) is 0.